The van der Waals surface area contributed by atoms with Crippen LogP contribution in [0.1, 0.15) is 54.9 Å². The molecular formula is C16H28. The Morgan fingerprint density at radius 2 is 1.56 bits per heavy atom. The molecule has 0 saturated carbocycles. The van der Waals surface area contributed by atoms with Gasteiger partial charge in [0, 0.05) is 5.41 Å². The average Bonchev–Trinajstić information content (AvgIpc) is 2.20. The van der Waals surface area contributed by atoms with Crippen molar-refractivity contribution in [1.82, 2.24) is 0 Å². The maximum atomic E-state index is 2.34. The Balaban J connectivity index is 0.00000106. The van der Waals surface area contributed by atoms with Crippen LogP contribution in [0, 0.1) is 10.8 Å². The van der Waals surface area contributed by atoms with E-state index in [9.17, 15) is 0 Å². The second-order valence-corrected chi connectivity index (χ2v) is 5.64. The van der Waals surface area contributed by atoms with Crippen molar-refractivity contribution < 1.29 is 0 Å². The summed E-state index contributed by atoms with van der Waals surface area (Å²) in [6.07, 6.45) is 12.6. The topological polar surface area (TPSA) is 0 Å². The van der Waals surface area contributed by atoms with Gasteiger partial charge in [0.15, 0.2) is 0 Å². The molecule has 1 rings (SSSR count). The fraction of sp³-hybridized carbons (Fsp3) is 0.625. The van der Waals surface area contributed by atoms with E-state index in [-0.39, 0.29) is 10.8 Å². The van der Waals surface area contributed by atoms with E-state index >= 15 is 0 Å². The van der Waals surface area contributed by atoms with Crippen molar-refractivity contribution in [2.45, 2.75) is 54.9 Å². The summed E-state index contributed by atoms with van der Waals surface area (Å²) >= 11 is 0. The SMILES string of the molecule is C/C1=C/C(C)(C)/C=C\C(C)(C)CC=C1.CC. The van der Waals surface area contributed by atoms with Crippen molar-refractivity contribution in [3.05, 3.63) is 36.0 Å². The molecule has 0 saturated heterocycles. The van der Waals surface area contributed by atoms with E-state index in [1.165, 1.54) is 5.57 Å². The van der Waals surface area contributed by atoms with Crippen LogP contribution in [0.15, 0.2) is 36.0 Å². The van der Waals surface area contributed by atoms with Crippen molar-refractivity contribution in [3.8, 4) is 0 Å². The molecule has 0 unspecified atom stereocenters. The van der Waals surface area contributed by atoms with Crippen LogP contribution in [0.5, 0.6) is 0 Å². The third-order valence-corrected chi connectivity index (χ3v) is 2.59. The zero-order chi connectivity index (χ0) is 12.8. The number of rotatable bonds is 0. The van der Waals surface area contributed by atoms with Gasteiger partial charge in [-0.2, -0.15) is 0 Å². The zero-order valence-electron chi connectivity index (χ0n) is 12.1. The first-order valence-corrected chi connectivity index (χ1v) is 6.37. The standard InChI is InChI=1S/C14H22.C2H6/c1-12-7-6-8-13(2,3)9-10-14(4,5)11-12;1-2/h6-7,9-11H,8H2,1-5H3;1-2H3/b7-6?,10-9-,12-11-;. The molecule has 0 atom stereocenters. The van der Waals surface area contributed by atoms with Crippen molar-refractivity contribution in [1.29, 1.82) is 0 Å². The summed E-state index contributed by atoms with van der Waals surface area (Å²) in [6, 6.07) is 0. The van der Waals surface area contributed by atoms with E-state index in [1.807, 2.05) is 13.8 Å². The number of allylic oxidation sites excluding steroid dienone is 6. The van der Waals surface area contributed by atoms with Crippen LogP contribution in [0.2, 0.25) is 0 Å². The molecule has 0 aliphatic heterocycles. The van der Waals surface area contributed by atoms with Crippen LogP contribution in [0.25, 0.3) is 0 Å². The molecule has 0 spiro atoms. The smallest absolute Gasteiger partial charge is 0.00103 e. The summed E-state index contributed by atoms with van der Waals surface area (Å²) < 4.78 is 0. The Kier molecular flexibility index (Phi) is 5.78. The first-order chi connectivity index (χ1) is 7.31. The molecule has 0 heteroatoms. The van der Waals surface area contributed by atoms with Gasteiger partial charge >= 0.3 is 0 Å². The van der Waals surface area contributed by atoms with E-state index in [0.717, 1.165) is 6.42 Å². The highest BCUT2D eigenvalue weighted by Gasteiger charge is 2.17. The Bertz CT molecular complexity index is 285. The first kappa shape index (κ1) is 15.2. The lowest BCUT2D eigenvalue weighted by Gasteiger charge is -2.21. The lowest BCUT2D eigenvalue weighted by atomic mass is 9.84. The van der Waals surface area contributed by atoms with Crippen molar-refractivity contribution in [2.24, 2.45) is 10.8 Å². The number of hydrogen-bond donors (Lipinski definition) is 0. The van der Waals surface area contributed by atoms with Crippen molar-refractivity contribution in [2.75, 3.05) is 0 Å². The molecule has 16 heavy (non-hydrogen) atoms. The van der Waals surface area contributed by atoms with E-state index < -0.39 is 0 Å². The highest BCUT2D eigenvalue weighted by molar-refractivity contribution is 5.24. The third kappa shape index (κ3) is 5.95. The largest absolute Gasteiger partial charge is 0.0834 e. The summed E-state index contributed by atoms with van der Waals surface area (Å²) in [6.45, 7) is 15.2. The van der Waals surface area contributed by atoms with Gasteiger partial charge in [-0.25, -0.2) is 0 Å². The van der Waals surface area contributed by atoms with Gasteiger partial charge in [-0.3, -0.25) is 0 Å². The lowest BCUT2D eigenvalue weighted by Crippen LogP contribution is -2.08. The zero-order valence-corrected chi connectivity index (χ0v) is 12.1. The highest BCUT2D eigenvalue weighted by atomic mass is 14.2. The molecular weight excluding hydrogens is 192 g/mol. The van der Waals surface area contributed by atoms with Crippen LogP contribution in [0.4, 0.5) is 0 Å². The second-order valence-electron chi connectivity index (χ2n) is 5.64. The Hall–Kier alpha value is -0.780. The van der Waals surface area contributed by atoms with E-state index in [2.05, 4.69) is 65.0 Å². The van der Waals surface area contributed by atoms with Gasteiger partial charge in [0.25, 0.3) is 0 Å². The summed E-state index contributed by atoms with van der Waals surface area (Å²) in [5.74, 6) is 0. The van der Waals surface area contributed by atoms with E-state index in [0.29, 0.717) is 0 Å². The van der Waals surface area contributed by atoms with Gasteiger partial charge in [0.05, 0.1) is 0 Å². The molecule has 0 aromatic heterocycles. The Morgan fingerprint density at radius 3 is 2.12 bits per heavy atom. The van der Waals surface area contributed by atoms with Crippen molar-refractivity contribution in [3.63, 3.8) is 0 Å². The lowest BCUT2D eigenvalue weighted by molar-refractivity contribution is 0.479. The molecule has 1 aliphatic rings. The highest BCUT2D eigenvalue weighted by Crippen LogP contribution is 2.30. The Labute approximate surface area is 102 Å². The van der Waals surface area contributed by atoms with Crippen LogP contribution in [0.3, 0.4) is 0 Å². The Morgan fingerprint density at radius 1 is 1.00 bits per heavy atom. The van der Waals surface area contributed by atoms with Crippen LogP contribution < -0.4 is 0 Å². The van der Waals surface area contributed by atoms with Gasteiger partial charge in [-0.15, -0.1) is 0 Å². The minimum Gasteiger partial charge on any atom is -0.0834 e. The second kappa shape index (κ2) is 6.08. The molecule has 0 aromatic rings. The van der Waals surface area contributed by atoms with Gasteiger partial charge < -0.3 is 0 Å². The molecule has 1 aliphatic carbocycles. The van der Waals surface area contributed by atoms with Gasteiger partial charge in [-0.05, 0) is 18.8 Å². The molecule has 0 nitrogen and oxygen atoms in total. The fourth-order valence-electron chi connectivity index (χ4n) is 1.74. The third-order valence-electron chi connectivity index (χ3n) is 2.59. The quantitative estimate of drug-likeness (QED) is 0.471. The monoisotopic (exact) mass is 220 g/mol. The molecule has 0 radical (unpaired) electrons. The van der Waals surface area contributed by atoms with Gasteiger partial charge in [0.1, 0.15) is 0 Å². The summed E-state index contributed by atoms with van der Waals surface area (Å²) in [4.78, 5) is 0. The van der Waals surface area contributed by atoms with Gasteiger partial charge in [-0.1, -0.05) is 77.5 Å². The van der Waals surface area contributed by atoms with E-state index in [4.69, 9.17) is 0 Å². The maximum absolute atomic E-state index is 2.34. The van der Waals surface area contributed by atoms with Crippen LogP contribution in [-0.4, -0.2) is 0 Å². The fourth-order valence-corrected chi connectivity index (χ4v) is 1.74. The minimum atomic E-state index is 0.177. The normalized spacial score (nSPS) is 27.3. The summed E-state index contributed by atoms with van der Waals surface area (Å²) in [5.41, 5.74) is 1.82. The predicted octanol–water partition coefficient (Wildman–Crippen LogP) is 5.53. The molecule has 0 heterocycles. The van der Waals surface area contributed by atoms with Crippen molar-refractivity contribution >= 4 is 0 Å². The molecule has 0 amide bonds. The number of hydrogen-bond acceptors (Lipinski definition) is 0. The first-order valence-electron chi connectivity index (χ1n) is 6.37. The maximum Gasteiger partial charge on any atom is 0.00103 e. The summed E-state index contributed by atoms with van der Waals surface area (Å²) in [7, 11) is 0. The molecule has 0 fully saturated rings. The molecule has 0 aromatic carbocycles. The molecule has 0 N–H and O–H groups in total. The van der Waals surface area contributed by atoms with Gasteiger partial charge in [0.2, 0.25) is 0 Å². The van der Waals surface area contributed by atoms with E-state index in [1.54, 1.807) is 0 Å². The minimum absolute atomic E-state index is 0.177. The predicted molar refractivity (Wildman–Crippen MR) is 75.6 cm³/mol. The molecule has 92 valence electrons. The van der Waals surface area contributed by atoms with Crippen LogP contribution >= 0.6 is 0 Å². The average molecular weight is 220 g/mol. The van der Waals surface area contributed by atoms with Crippen LogP contribution in [-0.2, 0) is 0 Å². The molecule has 0 bridgehead atoms. The summed E-state index contributed by atoms with van der Waals surface area (Å²) in [5, 5.41) is 0.